The van der Waals surface area contributed by atoms with Crippen LogP contribution in [0.15, 0.2) is 0 Å². The Bertz CT molecular complexity index is 531. The summed E-state index contributed by atoms with van der Waals surface area (Å²) in [5.41, 5.74) is 5.49. The molecule has 1 aromatic heterocycles. The molecule has 9 nitrogen and oxygen atoms in total. The molecule has 0 aliphatic rings. The number of amides is 1. The molecule has 0 aliphatic carbocycles. The average Bonchev–Trinajstić information content (AvgIpc) is 2.33. The first-order valence-corrected chi connectivity index (χ1v) is 6.01. The average molecular weight is 282 g/mol. The number of anilines is 2. The molecule has 0 spiro atoms. The van der Waals surface area contributed by atoms with Gasteiger partial charge in [0.1, 0.15) is 5.69 Å². The second-order valence-corrected chi connectivity index (χ2v) is 4.40. The topological polar surface area (TPSA) is 118 Å². The van der Waals surface area contributed by atoms with Gasteiger partial charge in [-0.25, -0.2) is 4.98 Å². The van der Waals surface area contributed by atoms with Crippen LogP contribution in [0.25, 0.3) is 0 Å². The third-order valence-corrected chi connectivity index (χ3v) is 2.75. The van der Waals surface area contributed by atoms with Crippen LogP contribution >= 0.6 is 0 Å². The number of nitrogens with two attached hydrogens (primary N) is 1. The molecule has 0 bridgehead atoms. The zero-order valence-electron chi connectivity index (χ0n) is 12.0. The lowest BCUT2D eigenvalue weighted by atomic mass is 10.3. The van der Waals surface area contributed by atoms with Gasteiger partial charge in [0.15, 0.2) is 0 Å². The van der Waals surface area contributed by atoms with E-state index in [1.165, 1.54) is 16.7 Å². The first-order valence-electron chi connectivity index (χ1n) is 6.01. The predicted molar refractivity (Wildman–Crippen MR) is 74.4 cm³/mol. The van der Waals surface area contributed by atoms with Crippen molar-refractivity contribution in [1.82, 2.24) is 14.9 Å². The van der Waals surface area contributed by atoms with Crippen molar-refractivity contribution < 1.29 is 9.72 Å². The number of hydrogen-bond acceptors (Lipinski definition) is 7. The van der Waals surface area contributed by atoms with Gasteiger partial charge in [0.2, 0.25) is 17.7 Å². The van der Waals surface area contributed by atoms with E-state index in [1.807, 2.05) is 0 Å². The minimum absolute atomic E-state index is 0.0137. The van der Waals surface area contributed by atoms with Crippen molar-refractivity contribution in [3.05, 3.63) is 15.8 Å². The molecule has 1 amide bonds. The van der Waals surface area contributed by atoms with Gasteiger partial charge in [0.05, 0.1) is 11.5 Å². The van der Waals surface area contributed by atoms with Gasteiger partial charge in [-0.05, 0) is 13.8 Å². The molecule has 1 rings (SSSR count). The van der Waals surface area contributed by atoms with E-state index in [0.29, 0.717) is 6.54 Å². The molecule has 0 aromatic carbocycles. The highest BCUT2D eigenvalue weighted by Crippen LogP contribution is 2.29. The van der Waals surface area contributed by atoms with Crippen LogP contribution in [0, 0.1) is 17.0 Å². The molecule has 0 aliphatic heterocycles. The van der Waals surface area contributed by atoms with E-state index in [0.717, 1.165) is 0 Å². The lowest BCUT2D eigenvalue weighted by Gasteiger charge is -2.23. The van der Waals surface area contributed by atoms with E-state index in [4.69, 9.17) is 5.73 Å². The Labute approximate surface area is 116 Å². The molecule has 0 saturated carbocycles. The third-order valence-electron chi connectivity index (χ3n) is 2.75. The number of nitro groups is 1. The first-order chi connectivity index (χ1) is 9.27. The van der Waals surface area contributed by atoms with Gasteiger partial charge in [0, 0.05) is 20.6 Å². The summed E-state index contributed by atoms with van der Waals surface area (Å²) in [6.07, 6.45) is 0. The Morgan fingerprint density at radius 3 is 2.45 bits per heavy atom. The van der Waals surface area contributed by atoms with E-state index in [-0.39, 0.29) is 35.6 Å². The highest BCUT2D eigenvalue weighted by molar-refractivity contribution is 5.81. The number of rotatable bonds is 5. The van der Waals surface area contributed by atoms with E-state index in [2.05, 4.69) is 9.97 Å². The van der Waals surface area contributed by atoms with Crippen LogP contribution in [0.2, 0.25) is 0 Å². The monoisotopic (exact) mass is 282 g/mol. The van der Waals surface area contributed by atoms with Gasteiger partial charge in [-0.15, -0.1) is 0 Å². The number of aryl methyl sites for hydroxylation is 1. The van der Waals surface area contributed by atoms with Crippen LogP contribution in [0.1, 0.15) is 12.6 Å². The smallest absolute Gasteiger partial charge is 0.332 e. The van der Waals surface area contributed by atoms with Gasteiger partial charge < -0.3 is 15.5 Å². The normalized spacial score (nSPS) is 10.2. The summed E-state index contributed by atoms with van der Waals surface area (Å²) in [5.74, 6) is -0.174. The second kappa shape index (κ2) is 6.13. The van der Waals surface area contributed by atoms with Crippen molar-refractivity contribution in [3.63, 3.8) is 0 Å². The Balaban J connectivity index is 3.27. The summed E-state index contributed by atoms with van der Waals surface area (Å²) in [4.78, 5) is 33.0. The van der Waals surface area contributed by atoms with Crippen molar-refractivity contribution in [2.24, 2.45) is 0 Å². The number of nitrogen functional groups attached to an aromatic ring is 1. The molecule has 2 N–H and O–H groups in total. The number of likely N-dealkylation sites (N-methyl/N-ethyl adjacent to an activating group) is 2. The zero-order chi connectivity index (χ0) is 15.4. The van der Waals surface area contributed by atoms with Crippen LogP contribution in [0.4, 0.5) is 17.5 Å². The standard InChI is InChI=1S/C11H18N6O3/c1-5-16(6-8(18)15(3)4)10-9(17(19)20)7(2)13-11(12)14-10/h5-6H2,1-4H3,(H2,12,13,14). The molecule has 1 aromatic rings. The van der Waals surface area contributed by atoms with E-state index < -0.39 is 4.92 Å². The van der Waals surface area contributed by atoms with Crippen LogP contribution in [0.3, 0.4) is 0 Å². The lowest BCUT2D eigenvalue weighted by Crippen LogP contribution is -2.37. The van der Waals surface area contributed by atoms with Crippen molar-refractivity contribution in [1.29, 1.82) is 0 Å². The molecule has 0 atom stereocenters. The molecule has 20 heavy (non-hydrogen) atoms. The zero-order valence-corrected chi connectivity index (χ0v) is 12.0. The fourth-order valence-electron chi connectivity index (χ4n) is 1.65. The first kappa shape index (κ1) is 15.6. The summed E-state index contributed by atoms with van der Waals surface area (Å²) in [6.45, 7) is 3.64. The van der Waals surface area contributed by atoms with Gasteiger partial charge in [-0.3, -0.25) is 14.9 Å². The van der Waals surface area contributed by atoms with Crippen molar-refractivity contribution in [2.75, 3.05) is 37.8 Å². The molecule has 0 saturated heterocycles. The highest BCUT2D eigenvalue weighted by Gasteiger charge is 2.26. The summed E-state index contributed by atoms with van der Waals surface area (Å²) >= 11 is 0. The van der Waals surface area contributed by atoms with Crippen molar-refractivity contribution in [2.45, 2.75) is 13.8 Å². The third kappa shape index (κ3) is 3.31. The van der Waals surface area contributed by atoms with E-state index in [9.17, 15) is 14.9 Å². The van der Waals surface area contributed by atoms with E-state index >= 15 is 0 Å². The maximum atomic E-state index is 11.8. The molecule has 0 unspecified atom stereocenters. The van der Waals surface area contributed by atoms with Crippen molar-refractivity contribution in [3.8, 4) is 0 Å². The van der Waals surface area contributed by atoms with Crippen LogP contribution in [-0.2, 0) is 4.79 Å². The minimum Gasteiger partial charge on any atom is -0.368 e. The largest absolute Gasteiger partial charge is 0.368 e. The fourth-order valence-corrected chi connectivity index (χ4v) is 1.65. The van der Waals surface area contributed by atoms with Gasteiger partial charge >= 0.3 is 5.69 Å². The summed E-state index contributed by atoms with van der Waals surface area (Å²) in [6, 6.07) is 0. The molecule has 0 fully saturated rings. The molecular formula is C11H18N6O3. The van der Waals surface area contributed by atoms with Gasteiger partial charge in [0.25, 0.3) is 0 Å². The fraction of sp³-hybridized carbons (Fsp3) is 0.545. The molecular weight excluding hydrogens is 264 g/mol. The molecule has 1 heterocycles. The number of carbonyl (C=O) groups excluding carboxylic acids is 1. The minimum atomic E-state index is -0.563. The number of hydrogen-bond donors (Lipinski definition) is 1. The van der Waals surface area contributed by atoms with Crippen molar-refractivity contribution >= 4 is 23.4 Å². The lowest BCUT2D eigenvalue weighted by molar-refractivity contribution is -0.385. The van der Waals surface area contributed by atoms with Gasteiger partial charge in [-0.1, -0.05) is 0 Å². The number of aromatic nitrogens is 2. The van der Waals surface area contributed by atoms with Crippen LogP contribution in [0.5, 0.6) is 0 Å². The van der Waals surface area contributed by atoms with E-state index in [1.54, 1.807) is 21.0 Å². The Morgan fingerprint density at radius 1 is 1.40 bits per heavy atom. The maximum Gasteiger partial charge on any atom is 0.332 e. The Kier molecular flexibility index (Phi) is 4.78. The van der Waals surface area contributed by atoms with Crippen LogP contribution in [-0.4, -0.2) is 52.9 Å². The molecule has 9 heteroatoms. The summed E-state index contributed by atoms with van der Waals surface area (Å²) < 4.78 is 0. The number of nitrogens with zero attached hydrogens (tertiary/aromatic N) is 5. The number of carbonyl (C=O) groups is 1. The predicted octanol–water partition coefficient (Wildman–Crippen LogP) is 0.190. The summed E-state index contributed by atoms with van der Waals surface area (Å²) in [5, 5.41) is 11.2. The molecule has 110 valence electrons. The molecule has 0 radical (unpaired) electrons. The maximum absolute atomic E-state index is 11.8. The SMILES string of the molecule is CCN(CC(=O)N(C)C)c1nc(N)nc(C)c1[N+](=O)[O-]. The van der Waals surface area contributed by atoms with Gasteiger partial charge in [-0.2, -0.15) is 4.98 Å². The quantitative estimate of drug-likeness (QED) is 0.604. The second-order valence-electron chi connectivity index (χ2n) is 4.40. The highest BCUT2D eigenvalue weighted by atomic mass is 16.6. The van der Waals surface area contributed by atoms with Crippen LogP contribution < -0.4 is 10.6 Å². The summed E-state index contributed by atoms with van der Waals surface area (Å²) in [7, 11) is 3.23. The Hall–Kier alpha value is -2.45. The Morgan fingerprint density at radius 2 is 2.00 bits per heavy atom.